The Morgan fingerprint density at radius 3 is 2.71 bits per heavy atom. The highest BCUT2D eigenvalue weighted by Gasteiger charge is 2.47. The molecule has 2 rings (SSSR count). The molecule has 0 aliphatic carbocycles. The number of hydrogen-bond acceptors (Lipinski definition) is 3. The van der Waals surface area contributed by atoms with Crippen LogP contribution in [0.15, 0.2) is 12.4 Å². The Labute approximate surface area is 103 Å². The molecule has 96 valence electrons. The number of ether oxygens (including phenoxy) is 1. The molecule has 1 fully saturated rings. The number of nitrogens with zero attached hydrogens (tertiary/aromatic N) is 2. The zero-order chi connectivity index (χ0) is 12.7. The maximum Gasteiger partial charge on any atom is 0.0857 e. The lowest BCUT2D eigenvalue weighted by molar-refractivity contribution is -0.0737. The van der Waals surface area contributed by atoms with E-state index in [1.807, 2.05) is 13.2 Å². The molecule has 0 radical (unpaired) electrons. The van der Waals surface area contributed by atoms with Gasteiger partial charge in [0.15, 0.2) is 0 Å². The average Bonchev–Trinajstić information content (AvgIpc) is 2.68. The van der Waals surface area contributed by atoms with E-state index in [2.05, 4.69) is 49.0 Å². The summed E-state index contributed by atoms with van der Waals surface area (Å²) >= 11 is 0. The molecule has 0 bridgehead atoms. The van der Waals surface area contributed by atoms with Gasteiger partial charge in [-0.05, 0) is 34.7 Å². The summed E-state index contributed by atoms with van der Waals surface area (Å²) in [5, 5.41) is 7.61. The average molecular weight is 237 g/mol. The third-order valence-corrected chi connectivity index (χ3v) is 3.38. The minimum atomic E-state index is -0.160. The molecule has 1 aliphatic rings. The highest BCUT2D eigenvalue weighted by atomic mass is 16.5. The number of nitrogens with one attached hydrogen (secondary N) is 1. The van der Waals surface area contributed by atoms with Crippen molar-refractivity contribution in [3.05, 3.63) is 18.0 Å². The van der Waals surface area contributed by atoms with Crippen LogP contribution in [-0.2, 0) is 11.3 Å². The van der Waals surface area contributed by atoms with Gasteiger partial charge < -0.3 is 10.1 Å². The Morgan fingerprint density at radius 2 is 2.18 bits per heavy atom. The predicted octanol–water partition coefficient (Wildman–Crippen LogP) is 2.12. The van der Waals surface area contributed by atoms with E-state index in [0.29, 0.717) is 6.04 Å². The molecular formula is C13H23N3O. The maximum atomic E-state index is 6.10. The van der Waals surface area contributed by atoms with Crippen LogP contribution < -0.4 is 5.32 Å². The van der Waals surface area contributed by atoms with Crippen molar-refractivity contribution >= 4 is 0 Å². The smallest absolute Gasteiger partial charge is 0.0857 e. The summed E-state index contributed by atoms with van der Waals surface area (Å²) in [4.78, 5) is 0. The van der Waals surface area contributed by atoms with E-state index in [1.54, 1.807) is 0 Å². The third-order valence-electron chi connectivity index (χ3n) is 3.38. The normalized spacial score (nSPS) is 26.3. The van der Waals surface area contributed by atoms with Crippen LogP contribution in [0.3, 0.4) is 0 Å². The summed E-state index contributed by atoms with van der Waals surface area (Å²) in [6, 6.07) is 0.308. The Bertz CT molecular complexity index is 395. The monoisotopic (exact) mass is 237 g/mol. The second kappa shape index (κ2) is 4.10. The molecule has 1 N–H and O–H groups in total. The van der Waals surface area contributed by atoms with Gasteiger partial charge in [-0.15, -0.1) is 0 Å². The quantitative estimate of drug-likeness (QED) is 0.875. The number of hydrogen-bond donors (Lipinski definition) is 1. The second-order valence-corrected chi connectivity index (χ2v) is 6.04. The fourth-order valence-corrected chi connectivity index (χ4v) is 2.79. The van der Waals surface area contributed by atoms with Crippen LogP contribution in [0.4, 0.5) is 0 Å². The van der Waals surface area contributed by atoms with Crippen LogP contribution in [0.5, 0.6) is 0 Å². The first-order chi connectivity index (χ1) is 7.84. The molecule has 4 nitrogen and oxygen atoms in total. The van der Waals surface area contributed by atoms with Crippen molar-refractivity contribution in [3.8, 4) is 0 Å². The van der Waals surface area contributed by atoms with Crippen molar-refractivity contribution in [2.24, 2.45) is 0 Å². The third kappa shape index (κ3) is 2.53. The summed E-state index contributed by atoms with van der Waals surface area (Å²) in [5.74, 6) is 0. The van der Waals surface area contributed by atoms with Gasteiger partial charge >= 0.3 is 0 Å². The molecule has 2 heterocycles. The molecular weight excluding hydrogens is 214 g/mol. The lowest BCUT2D eigenvalue weighted by Gasteiger charge is -2.27. The molecule has 1 aliphatic heterocycles. The van der Waals surface area contributed by atoms with E-state index >= 15 is 0 Å². The molecule has 0 amide bonds. The van der Waals surface area contributed by atoms with Crippen molar-refractivity contribution in [1.29, 1.82) is 0 Å². The number of rotatable bonds is 3. The van der Waals surface area contributed by atoms with Crippen LogP contribution in [0.1, 0.15) is 45.7 Å². The molecule has 1 unspecified atom stereocenters. The van der Waals surface area contributed by atoms with Gasteiger partial charge in [-0.1, -0.05) is 0 Å². The van der Waals surface area contributed by atoms with Gasteiger partial charge in [0, 0.05) is 24.7 Å². The molecule has 0 aromatic carbocycles. The SMILES string of the molecule is CNCc1cnn(C2CC(C)(C)OC2(C)C)c1. The van der Waals surface area contributed by atoms with Crippen LogP contribution in [0, 0.1) is 0 Å². The van der Waals surface area contributed by atoms with Gasteiger partial charge in [0.1, 0.15) is 0 Å². The predicted molar refractivity (Wildman–Crippen MR) is 67.9 cm³/mol. The summed E-state index contributed by atoms with van der Waals surface area (Å²) in [6.07, 6.45) is 5.05. The summed E-state index contributed by atoms with van der Waals surface area (Å²) in [6.45, 7) is 9.44. The van der Waals surface area contributed by atoms with Crippen LogP contribution in [0.25, 0.3) is 0 Å². The molecule has 4 heteroatoms. The highest BCUT2D eigenvalue weighted by Crippen LogP contribution is 2.44. The van der Waals surface area contributed by atoms with Crippen LogP contribution >= 0.6 is 0 Å². The van der Waals surface area contributed by atoms with Crippen LogP contribution in [-0.4, -0.2) is 28.0 Å². The van der Waals surface area contributed by atoms with E-state index in [9.17, 15) is 0 Å². The standard InChI is InChI=1S/C13H23N3O/c1-12(2)6-11(13(3,4)17-12)16-9-10(7-14-5)8-15-16/h8-9,11,14H,6-7H2,1-5H3. The fourth-order valence-electron chi connectivity index (χ4n) is 2.79. The van der Waals surface area contributed by atoms with E-state index in [4.69, 9.17) is 4.74 Å². The van der Waals surface area contributed by atoms with Gasteiger partial charge in [0.2, 0.25) is 0 Å². The first-order valence-electron chi connectivity index (χ1n) is 6.22. The molecule has 1 aromatic heterocycles. The van der Waals surface area contributed by atoms with E-state index in [0.717, 1.165) is 13.0 Å². The minimum absolute atomic E-state index is 0.0662. The van der Waals surface area contributed by atoms with Gasteiger partial charge in [-0.3, -0.25) is 4.68 Å². The second-order valence-electron chi connectivity index (χ2n) is 6.04. The molecule has 1 aromatic rings. The lowest BCUT2D eigenvalue weighted by atomic mass is 9.95. The summed E-state index contributed by atoms with van der Waals surface area (Å²) < 4.78 is 8.15. The summed E-state index contributed by atoms with van der Waals surface area (Å²) in [7, 11) is 1.95. The zero-order valence-corrected chi connectivity index (χ0v) is 11.4. The molecule has 1 saturated heterocycles. The highest BCUT2D eigenvalue weighted by molar-refractivity contribution is 5.07. The fraction of sp³-hybridized carbons (Fsp3) is 0.769. The van der Waals surface area contributed by atoms with E-state index in [-0.39, 0.29) is 11.2 Å². The Balaban J connectivity index is 2.21. The van der Waals surface area contributed by atoms with Gasteiger partial charge in [0.25, 0.3) is 0 Å². The van der Waals surface area contributed by atoms with Crippen molar-refractivity contribution in [1.82, 2.24) is 15.1 Å². The Kier molecular flexibility index (Phi) is 3.04. The van der Waals surface area contributed by atoms with Gasteiger partial charge in [0.05, 0.1) is 23.4 Å². The molecule has 0 saturated carbocycles. The first-order valence-corrected chi connectivity index (χ1v) is 6.22. The molecule has 0 spiro atoms. The summed E-state index contributed by atoms with van der Waals surface area (Å²) in [5.41, 5.74) is 0.989. The van der Waals surface area contributed by atoms with E-state index in [1.165, 1.54) is 5.56 Å². The zero-order valence-electron chi connectivity index (χ0n) is 11.4. The topological polar surface area (TPSA) is 39.1 Å². The van der Waals surface area contributed by atoms with Crippen LogP contribution in [0.2, 0.25) is 0 Å². The van der Waals surface area contributed by atoms with Crippen molar-refractivity contribution in [2.45, 2.75) is 57.9 Å². The molecule has 17 heavy (non-hydrogen) atoms. The van der Waals surface area contributed by atoms with E-state index < -0.39 is 0 Å². The van der Waals surface area contributed by atoms with Crippen molar-refractivity contribution in [2.75, 3.05) is 7.05 Å². The Hall–Kier alpha value is -0.870. The van der Waals surface area contributed by atoms with Gasteiger partial charge in [-0.25, -0.2) is 0 Å². The Morgan fingerprint density at radius 1 is 1.47 bits per heavy atom. The first kappa shape index (κ1) is 12.6. The maximum absolute atomic E-state index is 6.10. The minimum Gasteiger partial charge on any atom is -0.367 e. The lowest BCUT2D eigenvalue weighted by Crippen LogP contribution is -2.31. The van der Waals surface area contributed by atoms with Gasteiger partial charge in [-0.2, -0.15) is 5.10 Å². The van der Waals surface area contributed by atoms with Crippen molar-refractivity contribution < 1.29 is 4.74 Å². The largest absolute Gasteiger partial charge is 0.367 e. The number of aromatic nitrogens is 2. The molecule has 1 atom stereocenters. The van der Waals surface area contributed by atoms with Crippen molar-refractivity contribution in [3.63, 3.8) is 0 Å².